The number of aromatic nitrogens is 3. The highest BCUT2D eigenvalue weighted by Crippen LogP contribution is 2.17. The van der Waals surface area contributed by atoms with E-state index in [1.807, 2.05) is 10.7 Å². The summed E-state index contributed by atoms with van der Waals surface area (Å²) in [5.41, 5.74) is 1.09. The molecular weight excluding hydrogens is 368 g/mol. The van der Waals surface area contributed by atoms with Crippen molar-refractivity contribution in [3.05, 3.63) is 40.9 Å². The Bertz CT molecular complexity index is 867. The van der Waals surface area contributed by atoms with Crippen LogP contribution in [0, 0.1) is 17.1 Å². The minimum Gasteiger partial charge on any atom is -0.296 e. The molecule has 2 saturated heterocycles. The predicted octanol–water partition coefficient (Wildman–Crippen LogP) is 2.21. The highest BCUT2D eigenvalue weighted by Gasteiger charge is 2.21. The van der Waals surface area contributed by atoms with Gasteiger partial charge in [0.25, 0.3) is 0 Å². The fourth-order valence-corrected chi connectivity index (χ4v) is 4.34. The lowest BCUT2D eigenvalue weighted by molar-refractivity contribution is 0.111. The van der Waals surface area contributed by atoms with Crippen LogP contribution in [0.5, 0.6) is 0 Å². The number of hydrogen-bond acceptors (Lipinski definition) is 5. The highest BCUT2D eigenvalue weighted by atomic mass is 32.1. The average molecular weight is 397 g/mol. The molecular formula is C21H28N6S. The third-order valence-electron chi connectivity index (χ3n) is 5.60. The standard InChI is InChI=1S/C21H28N6S/c1-2-10-23-13-15-25(16-14-23)18-26-21(28)27(19-8-4-3-5-9-19)20(22-26)17-24-11-6-7-12-24/h1,3-5,8-9H,6-7,10-18H2. The molecule has 0 atom stereocenters. The smallest absolute Gasteiger partial charge is 0.203 e. The van der Waals surface area contributed by atoms with Gasteiger partial charge in [-0.1, -0.05) is 24.1 Å². The van der Waals surface area contributed by atoms with E-state index in [2.05, 4.69) is 49.5 Å². The van der Waals surface area contributed by atoms with Gasteiger partial charge in [0.1, 0.15) is 0 Å². The Kier molecular flexibility index (Phi) is 6.23. The molecule has 148 valence electrons. The summed E-state index contributed by atoms with van der Waals surface area (Å²) in [7, 11) is 0. The molecule has 3 heterocycles. The number of hydrogen-bond donors (Lipinski definition) is 0. The van der Waals surface area contributed by atoms with Crippen LogP contribution in [0.3, 0.4) is 0 Å². The van der Waals surface area contributed by atoms with Gasteiger partial charge in [-0.05, 0) is 50.3 Å². The van der Waals surface area contributed by atoms with Gasteiger partial charge < -0.3 is 0 Å². The summed E-state index contributed by atoms with van der Waals surface area (Å²) < 4.78 is 4.90. The van der Waals surface area contributed by atoms with Crippen LogP contribution in [0.15, 0.2) is 30.3 Å². The van der Waals surface area contributed by atoms with Crippen LogP contribution < -0.4 is 0 Å². The predicted molar refractivity (Wildman–Crippen MR) is 114 cm³/mol. The topological polar surface area (TPSA) is 32.5 Å². The van der Waals surface area contributed by atoms with Crippen LogP contribution in [-0.2, 0) is 13.2 Å². The second-order valence-electron chi connectivity index (χ2n) is 7.59. The zero-order valence-electron chi connectivity index (χ0n) is 16.3. The molecule has 4 rings (SSSR count). The maximum atomic E-state index is 5.85. The lowest BCUT2D eigenvalue weighted by Crippen LogP contribution is -2.46. The summed E-state index contributed by atoms with van der Waals surface area (Å²) in [4.78, 5) is 7.20. The van der Waals surface area contributed by atoms with Gasteiger partial charge in [0.05, 0.1) is 19.8 Å². The van der Waals surface area contributed by atoms with Gasteiger partial charge in [-0.2, -0.15) is 5.10 Å². The fraction of sp³-hybridized carbons (Fsp3) is 0.524. The van der Waals surface area contributed by atoms with E-state index < -0.39 is 0 Å². The number of rotatable bonds is 6. The summed E-state index contributed by atoms with van der Waals surface area (Å²) in [5, 5.41) is 4.95. The highest BCUT2D eigenvalue weighted by molar-refractivity contribution is 7.71. The first-order valence-electron chi connectivity index (χ1n) is 10.1. The van der Waals surface area contributed by atoms with Crippen molar-refractivity contribution in [1.82, 2.24) is 29.0 Å². The van der Waals surface area contributed by atoms with Gasteiger partial charge >= 0.3 is 0 Å². The molecule has 0 spiro atoms. The van der Waals surface area contributed by atoms with E-state index in [4.69, 9.17) is 23.7 Å². The molecule has 2 aliphatic heterocycles. The number of para-hydroxylation sites is 1. The van der Waals surface area contributed by atoms with Crippen molar-refractivity contribution in [1.29, 1.82) is 0 Å². The van der Waals surface area contributed by atoms with Crippen molar-refractivity contribution in [2.75, 3.05) is 45.8 Å². The van der Waals surface area contributed by atoms with Gasteiger partial charge in [0.2, 0.25) is 4.77 Å². The lowest BCUT2D eigenvalue weighted by Gasteiger charge is -2.33. The van der Waals surface area contributed by atoms with Crippen molar-refractivity contribution in [2.45, 2.75) is 26.1 Å². The zero-order valence-corrected chi connectivity index (χ0v) is 17.2. The first-order valence-corrected chi connectivity index (χ1v) is 10.5. The van der Waals surface area contributed by atoms with Crippen LogP contribution in [0.1, 0.15) is 18.7 Å². The Morgan fingerprint density at radius 3 is 2.29 bits per heavy atom. The molecule has 0 unspecified atom stereocenters. The molecule has 6 nitrogen and oxygen atoms in total. The maximum absolute atomic E-state index is 5.85. The van der Waals surface area contributed by atoms with Gasteiger partial charge in [-0.3, -0.25) is 19.3 Å². The molecule has 1 aromatic carbocycles. The Hall–Kier alpha value is -1.98. The molecule has 0 saturated carbocycles. The number of terminal acetylenes is 1. The van der Waals surface area contributed by atoms with Crippen LogP contribution >= 0.6 is 12.2 Å². The van der Waals surface area contributed by atoms with Gasteiger partial charge in [-0.25, -0.2) is 4.68 Å². The molecule has 0 N–H and O–H groups in total. The van der Waals surface area contributed by atoms with Gasteiger partial charge in [-0.15, -0.1) is 6.42 Å². The second kappa shape index (κ2) is 9.01. The van der Waals surface area contributed by atoms with Gasteiger partial charge in [0, 0.05) is 31.9 Å². The van der Waals surface area contributed by atoms with E-state index in [1.54, 1.807) is 0 Å². The van der Waals surface area contributed by atoms with Crippen molar-refractivity contribution < 1.29 is 0 Å². The van der Waals surface area contributed by atoms with E-state index in [1.165, 1.54) is 12.8 Å². The third-order valence-corrected chi connectivity index (χ3v) is 5.99. The Balaban J connectivity index is 1.55. The quantitative estimate of drug-likeness (QED) is 0.552. The van der Waals surface area contributed by atoms with E-state index >= 15 is 0 Å². The van der Waals surface area contributed by atoms with Crippen LogP contribution in [0.2, 0.25) is 0 Å². The van der Waals surface area contributed by atoms with Crippen LogP contribution in [-0.4, -0.2) is 74.9 Å². The molecule has 0 radical (unpaired) electrons. The molecule has 0 aliphatic carbocycles. The van der Waals surface area contributed by atoms with Crippen LogP contribution in [0.25, 0.3) is 5.69 Å². The summed E-state index contributed by atoms with van der Waals surface area (Å²) >= 11 is 5.85. The lowest BCUT2D eigenvalue weighted by atomic mass is 10.3. The van der Waals surface area contributed by atoms with E-state index in [-0.39, 0.29) is 0 Å². The maximum Gasteiger partial charge on any atom is 0.203 e. The van der Waals surface area contributed by atoms with E-state index in [9.17, 15) is 0 Å². The summed E-state index contributed by atoms with van der Waals surface area (Å²) in [6.07, 6.45) is 7.98. The minimum atomic E-state index is 0.732. The van der Waals surface area contributed by atoms with Crippen molar-refractivity contribution in [3.63, 3.8) is 0 Å². The Morgan fingerprint density at radius 2 is 1.61 bits per heavy atom. The van der Waals surface area contributed by atoms with E-state index in [0.717, 1.165) is 75.3 Å². The largest absolute Gasteiger partial charge is 0.296 e. The fourth-order valence-electron chi connectivity index (χ4n) is 4.03. The first-order chi connectivity index (χ1) is 13.7. The van der Waals surface area contributed by atoms with E-state index in [0.29, 0.717) is 0 Å². The molecule has 2 aliphatic rings. The summed E-state index contributed by atoms with van der Waals surface area (Å²) in [6, 6.07) is 10.4. The summed E-state index contributed by atoms with van der Waals surface area (Å²) in [6.45, 7) is 8.57. The molecule has 2 fully saturated rings. The Labute approximate surface area is 172 Å². The molecule has 0 amide bonds. The number of piperazine rings is 1. The number of benzene rings is 1. The molecule has 1 aromatic heterocycles. The molecule has 7 heteroatoms. The van der Waals surface area contributed by atoms with Crippen molar-refractivity contribution in [2.24, 2.45) is 0 Å². The zero-order chi connectivity index (χ0) is 19.3. The normalized spacial score (nSPS) is 19.1. The van der Waals surface area contributed by atoms with Crippen LogP contribution in [0.4, 0.5) is 0 Å². The number of likely N-dealkylation sites (tertiary alicyclic amines) is 1. The minimum absolute atomic E-state index is 0.732. The van der Waals surface area contributed by atoms with Crippen molar-refractivity contribution >= 4 is 12.2 Å². The molecule has 0 bridgehead atoms. The van der Waals surface area contributed by atoms with Gasteiger partial charge in [0.15, 0.2) is 5.82 Å². The SMILES string of the molecule is C#CCN1CCN(Cn2nc(CN3CCCC3)n(-c3ccccc3)c2=S)CC1. The number of nitrogens with zero attached hydrogens (tertiary/aromatic N) is 6. The molecule has 2 aromatic rings. The monoisotopic (exact) mass is 396 g/mol. The van der Waals surface area contributed by atoms with Crippen molar-refractivity contribution in [3.8, 4) is 18.0 Å². The average Bonchev–Trinajstić information content (AvgIpc) is 3.33. The Morgan fingerprint density at radius 1 is 0.929 bits per heavy atom. The third kappa shape index (κ3) is 4.36. The first kappa shape index (κ1) is 19.3. The molecule has 28 heavy (non-hydrogen) atoms. The summed E-state index contributed by atoms with van der Waals surface area (Å²) in [5.74, 6) is 3.77. The second-order valence-corrected chi connectivity index (χ2v) is 7.96.